The zero-order valence-corrected chi connectivity index (χ0v) is 11.4. The van der Waals surface area contributed by atoms with Crippen LogP contribution in [0.15, 0.2) is 24.3 Å². The average molecular weight is 259 g/mol. The van der Waals surface area contributed by atoms with Crippen LogP contribution in [0, 0.1) is 11.8 Å². The fourth-order valence-corrected chi connectivity index (χ4v) is 2.26. The second-order valence-electron chi connectivity index (χ2n) is 4.87. The van der Waals surface area contributed by atoms with Gasteiger partial charge in [0.2, 0.25) is 0 Å². The van der Waals surface area contributed by atoms with Gasteiger partial charge in [-0.3, -0.25) is 4.90 Å². The van der Waals surface area contributed by atoms with Crippen LogP contribution in [0.5, 0.6) is 0 Å². The van der Waals surface area contributed by atoms with E-state index in [-0.39, 0.29) is 6.61 Å². The lowest BCUT2D eigenvalue weighted by molar-refractivity contribution is 0.156. The highest BCUT2D eigenvalue weighted by Crippen LogP contribution is 2.16. The van der Waals surface area contributed by atoms with Crippen molar-refractivity contribution in [2.75, 3.05) is 26.9 Å². The van der Waals surface area contributed by atoms with E-state index < -0.39 is 0 Å². The highest BCUT2D eigenvalue weighted by molar-refractivity contribution is 5.41. The molecule has 102 valence electrons. The van der Waals surface area contributed by atoms with Crippen LogP contribution in [0.2, 0.25) is 0 Å². The monoisotopic (exact) mass is 259 g/mol. The maximum Gasteiger partial charge on any atom is 0.0622 e. The van der Waals surface area contributed by atoms with Gasteiger partial charge >= 0.3 is 0 Å². The molecule has 3 heteroatoms. The molecule has 2 rings (SSSR count). The maximum absolute atomic E-state index is 8.78. The number of hydrogen-bond acceptors (Lipinski definition) is 3. The third kappa shape index (κ3) is 4.07. The van der Waals surface area contributed by atoms with E-state index >= 15 is 0 Å². The third-order valence-corrected chi connectivity index (χ3v) is 3.43. The SMILES string of the molecule is CN(Cc1ccccc1C#CCCO)C1CCOC1. The summed E-state index contributed by atoms with van der Waals surface area (Å²) in [6.07, 6.45) is 1.63. The van der Waals surface area contributed by atoms with E-state index in [2.05, 4.69) is 29.9 Å². The Hall–Kier alpha value is -1.34. The standard InChI is InChI=1S/C16H21NO2/c1-17(16-9-11-19-13-16)12-15-8-3-2-6-14(15)7-4-5-10-18/h2-3,6,8,16,18H,5,9-13H2,1H3. The van der Waals surface area contributed by atoms with Crippen molar-refractivity contribution >= 4 is 0 Å². The quantitative estimate of drug-likeness (QED) is 0.834. The third-order valence-electron chi connectivity index (χ3n) is 3.43. The summed E-state index contributed by atoms with van der Waals surface area (Å²) in [5.74, 6) is 6.13. The molecule has 0 aromatic heterocycles. The fourth-order valence-electron chi connectivity index (χ4n) is 2.26. The number of rotatable bonds is 4. The summed E-state index contributed by atoms with van der Waals surface area (Å²) in [7, 11) is 2.14. The molecule has 0 spiro atoms. The zero-order chi connectivity index (χ0) is 13.5. The Morgan fingerprint density at radius 3 is 3.00 bits per heavy atom. The van der Waals surface area contributed by atoms with Crippen molar-refractivity contribution in [1.29, 1.82) is 0 Å². The number of likely N-dealkylation sites (N-methyl/N-ethyl adjacent to an activating group) is 1. The van der Waals surface area contributed by atoms with Crippen molar-refractivity contribution in [3.05, 3.63) is 35.4 Å². The van der Waals surface area contributed by atoms with Crippen LogP contribution in [0.1, 0.15) is 24.0 Å². The fraction of sp³-hybridized carbons (Fsp3) is 0.500. The number of ether oxygens (including phenoxy) is 1. The number of benzene rings is 1. The summed E-state index contributed by atoms with van der Waals surface area (Å²) in [5.41, 5.74) is 2.30. The van der Waals surface area contributed by atoms with E-state index in [0.29, 0.717) is 12.5 Å². The van der Waals surface area contributed by atoms with Gasteiger partial charge in [-0.1, -0.05) is 30.0 Å². The Labute approximate surface area is 115 Å². The largest absolute Gasteiger partial charge is 0.395 e. The van der Waals surface area contributed by atoms with Crippen LogP contribution in [0.3, 0.4) is 0 Å². The molecule has 0 radical (unpaired) electrons. The van der Waals surface area contributed by atoms with Gasteiger partial charge in [0.15, 0.2) is 0 Å². The van der Waals surface area contributed by atoms with E-state index in [0.717, 1.165) is 31.7 Å². The Morgan fingerprint density at radius 1 is 1.42 bits per heavy atom. The molecule has 1 aliphatic heterocycles. The summed E-state index contributed by atoms with van der Waals surface area (Å²) >= 11 is 0. The molecule has 0 bridgehead atoms. The van der Waals surface area contributed by atoms with Gasteiger partial charge in [0.1, 0.15) is 0 Å². The molecule has 0 saturated carbocycles. The molecule has 1 heterocycles. The van der Waals surface area contributed by atoms with Crippen LogP contribution in [-0.2, 0) is 11.3 Å². The molecular weight excluding hydrogens is 238 g/mol. The first-order valence-corrected chi connectivity index (χ1v) is 6.77. The molecule has 1 saturated heterocycles. The van der Waals surface area contributed by atoms with Crippen molar-refractivity contribution in [3.8, 4) is 11.8 Å². The molecule has 0 amide bonds. The van der Waals surface area contributed by atoms with Gasteiger partial charge in [-0.15, -0.1) is 0 Å². The summed E-state index contributed by atoms with van der Waals surface area (Å²) < 4.78 is 5.43. The summed E-state index contributed by atoms with van der Waals surface area (Å²) in [5, 5.41) is 8.78. The highest BCUT2D eigenvalue weighted by atomic mass is 16.5. The second-order valence-corrected chi connectivity index (χ2v) is 4.87. The Kier molecular flexibility index (Phi) is 5.41. The van der Waals surface area contributed by atoms with Gasteiger partial charge in [0.25, 0.3) is 0 Å². The topological polar surface area (TPSA) is 32.7 Å². The van der Waals surface area contributed by atoms with Crippen molar-refractivity contribution < 1.29 is 9.84 Å². The van der Waals surface area contributed by atoms with Gasteiger partial charge < -0.3 is 9.84 Å². The van der Waals surface area contributed by atoms with Gasteiger partial charge in [0, 0.05) is 31.2 Å². The Morgan fingerprint density at radius 2 is 2.26 bits per heavy atom. The molecule has 1 aromatic rings. The van der Waals surface area contributed by atoms with Crippen LogP contribution >= 0.6 is 0 Å². The number of nitrogens with zero attached hydrogens (tertiary/aromatic N) is 1. The van der Waals surface area contributed by atoms with Gasteiger partial charge in [-0.2, -0.15) is 0 Å². The minimum Gasteiger partial charge on any atom is -0.395 e. The lowest BCUT2D eigenvalue weighted by atomic mass is 10.1. The summed E-state index contributed by atoms with van der Waals surface area (Å²) in [6, 6.07) is 8.73. The van der Waals surface area contributed by atoms with E-state index in [1.54, 1.807) is 0 Å². The molecule has 1 N–H and O–H groups in total. The Balaban J connectivity index is 2.05. The predicted octanol–water partition coefficient (Wildman–Crippen LogP) is 1.64. The molecule has 0 aliphatic carbocycles. The van der Waals surface area contributed by atoms with Crippen molar-refractivity contribution in [3.63, 3.8) is 0 Å². The zero-order valence-electron chi connectivity index (χ0n) is 11.4. The van der Waals surface area contributed by atoms with Crippen molar-refractivity contribution in [1.82, 2.24) is 4.90 Å². The molecule has 1 fully saturated rings. The van der Waals surface area contributed by atoms with Crippen molar-refractivity contribution in [2.45, 2.75) is 25.4 Å². The second kappa shape index (κ2) is 7.30. The lowest BCUT2D eigenvalue weighted by Gasteiger charge is -2.23. The first-order chi connectivity index (χ1) is 9.31. The molecule has 19 heavy (non-hydrogen) atoms. The lowest BCUT2D eigenvalue weighted by Crippen LogP contribution is -2.31. The van der Waals surface area contributed by atoms with Crippen LogP contribution in [0.25, 0.3) is 0 Å². The molecule has 1 atom stereocenters. The van der Waals surface area contributed by atoms with Gasteiger partial charge in [-0.25, -0.2) is 0 Å². The van der Waals surface area contributed by atoms with E-state index in [4.69, 9.17) is 9.84 Å². The number of aliphatic hydroxyl groups is 1. The molecule has 1 unspecified atom stereocenters. The molecular formula is C16H21NO2. The normalized spacial score (nSPS) is 18.4. The first-order valence-electron chi connectivity index (χ1n) is 6.77. The summed E-state index contributed by atoms with van der Waals surface area (Å²) in [6.45, 7) is 2.70. The van der Waals surface area contributed by atoms with Crippen LogP contribution in [0.4, 0.5) is 0 Å². The minimum absolute atomic E-state index is 0.120. The number of hydrogen-bond donors (Lipinski definition) is 1. The molecule has 1 aromatic carbocycles. The Bertz CT molecular complexity index is 455. The molecule has 3 nitrogen and oxygen atoms in total. The van der Waals surface area contributed by atoms with Gasteiger partial charge in [0.05, 0.1) is 13.2 Å². The summed E-state index contributed by atoms with van der Waals surface area (Å²) in [4.78, 5) is 2.33. The van der Waals surface area contributed by atoms with E-state index in [1.165, 1.54) is 5.56 Å². The highest BCUT2D eigenvalue weighted by Gasteiger charge is 2.20. The van der Waals surface area contributed by atoms with E-state index in [1.807, 2.05) is 18.2 Å². The van der Waals surface area contributed by atoms with Crippen LogP contribution < -0.4 is 0 Å². The predicted molar refractivity (Wildman–Crippen MR) is 75.7 cm³/mol. The van der Waals surface area contributed by atoms with Crippen LogP contribution in [-0.4, -0.2) is 42.9 Å². The molecule has 1 aliphatic rings. The van der Waals surface area contributed by atoms with E-state index in [9.17, 15) is 0 Å². The average Bonchev–Trinajstić information content (AvgIpc) is 2.95. The maximum atomic E-state index is 8.78. The smallest absolute Gasteiger partial charge is 0.0622 e. The number of aliphatic hydroxyl groups excluding tert-OH is 1. The van der Waals surface area contributed by atoms with Gasteiger partial charge in [-0.05, 0) is 25.1 Å². The minimum atomic E-state index is 0.120. The first kappa shape index (κ1) is 14.1. The van der Waals surface area contributed by atoms with Crippen molar-refractivity contribution in [2.24, 2.45) is 0 Å².